The summed E-state index contributed by atoms with van der Waals surface area (Å²) in [4.78, 5) is 30.8. The van der Waals surface area contributed by atoms with E-state index in [-0.39, 0.29) is 41.6 Å². The Morgan fingerprint density at radius 2 is 2.03 bits per heavy atom. The van der Waals surface area contributed by atoms with Crippen LogP contribution in [0.4, 0.5) is 0 Å². The Morgan fingerprint density at radius 3 is 2.69 bits per heavy atom. The molecule has 29 heavy (non-hydrogen) atoms. The summed E-state index contributed by atoms with van der Waals surface area (Å²) in [5.74, 6) is 1.68. The van der Waals surface area contributed by atoms with Crippen molar-refractivity contribution in [2.24, 2.45) is 10.9 Å². The summed E-state index contributed by atoms with van der Waals surface area (Å²) in [7, 11) is 1.77. The van der Waals surface area contributed by atoms with Gasteiger partial charge in [-0.3, -0.25) is 14.4 Å². The Bertz CT molecular complexity index is 752. The minimum absolute atomic E-state index is 0. The second-order valence-corrected chi connectivity index (χ2v) is 7.37. The number of guanidine groups is 1. The van der Waals surface area contributed by atoms with Crippen molar-refractivity contribution in [2.75, 3.05) is 33.3 Å². The summed E-state index contributed by atoms with van der Waals surface area (Å²) in [6.45, 7) is 5.97. The average molecular weight is 520 g/mol. The molecular formula is C19H33IN6O3. The number of aryl methyl sites for hydroxylation is 2. The van der Waals surface area contributed by atoms with Gasteiger partial charge in [0.15, 0.2) is 5.96 Å². The topological polar surface area (TPSA) is 93.8 Å². The number of ether oxygens (including phenoxy) is 1. The zero-order valence-corrected chi connectivity index (χ0v) is 19.8. The number of rotatable bonds is 6. The van der Waals surface area contributed by atoms with Crippen LogP contribution in [0.5, 0.6) is 0 Å². The first-order chi connectivity index (χ1) is 13.6. The number of carbonyl (C=O) groups excluding carboxylic acids is 1. The van der Waals surface area contributed by atoms with Gasteiger partial charge in [0.1, 0.15) is 5.82 Å². The molecule has 0 radical (unpaired) electrons. The minimum atomic E-state index is -0.0849. The van der Waals surface area contributed by atoms with E-state index in [1.807, 2.05) is 11.5 Å². The molecule has 0 aliphatic carbocycles. The molecule has 0 bridgehead atoms. The number of aliphatic imine (C=N–C) groups is 1. The Morgan fingerprint density at radius 1 is 1.28 bits per heavy atom. The zero-order valence-electron chi connectivity index (χ0n) is 17.4. The molecule has 0 atom stereocenters. The second kappa shape index (κ2) is 11.6. The van der Waals surface area contributed by atoms with E-state index in [4.69, 9.17) is 4.74 Å². The maximum atomic E-state index is 12.4. The number of carbonyl (C=O) groups is 1. The summed E-state index contributed by atoms with van der Waals surface area (Å²) in [6, 6.07) is 0. The molecule has 10 heteroatoms. The van der Waals surface area contributed by atoms with Crippen LogP contribution in [0.3, 0.4) is 0 Å². The number of aromatic nitrogens is 3. The highest BCUT2D eigenvalue weighted by Crippen LogP contribution is 2.18. The van der Waals surface area contributed by atoms with Crippen molar-refractivity contribution in [3.8, 4) is 0 Å². The van der Waals surface area contributed by atoms with Gasteiger partial charge in [0, 0.05) is 46.2 Å². The zero-order chi connectivity index (χ0) is 19.9. The smallest absolute Gasteiger partial charge is 0.345 e. The highest BCUT2D eigenvalue weighted by molar-refractivity contribution is 14.0. The van der Waals surface area contributed by atoms with E-state index in [1.165, 1.54) is 0 Å². The lowest BCUT2D eigenvalue weighted by Gasteiger charge is -2.33. The predicted molar refractivity (Wildman–Crippen MR) is 122 cm³/mol. The van der Waals surface area contributed by atoms with Gasteiger partial charge in [-0.15, -0.1) is 24.0 Å². The number of nitrogens with zero attached hydrogens (tertiary/aromatic N) is 5. The largest absolute Gasteiger partial charge is 0.466 e. The number of hydrogen-bond donors (Lipinski definition) is 1. The van der Waals surface area contributed by atoms with E-state index in [9.17, 15) is 9.59 Å². The van der Waals surface area contributed by atoms with Gasteiger partial charge in [0.25, 0.3) is 0 Å². The standard InChI is InChI=1S/C19H32N6O3.HI/c1-3-28-17(26)15-8-13-23(14-9-15)18(20-2)21-10-6-12-25-19(27)24-11-5-4-7-16(24)22-25;/h15H,3-14H2,1-2H3,(H,20,21);1H. The van der Waals surface area contributed by atoms with Crippen LogP contribution in [-0.2, 0) is 29.0 Å². The molecule has 164 valence electrons. The Kier molecular flexibility index (Phi) is 9.44. The first-order valence-corrected chi connectivity index (χ1v) is 10.4. The van der Waals surface area contributed by atoms with Crippen molar-refractivity contribution in [3.05, 3.63) is 16.3 Å². The highest BCUT2D eigenvalue weighted by Gasteiger charge is 2.27. The van der Waals surface area contributed by atoms with Crippen molar-refractivity contribution in [2.45, 2.75) is 58.5 Å². The fourth-order valence-electron chi connectivity index (χ4n) is 3.94. The van der Waals surface area contributed by atoms with Crippen LogP contribution in [0, 0.1) is 5.92 Å². The summed E-state index contributed by atoms with van der Waals surface area (Å²) in [6.07, 6.45) is 5.44. The lowest BCUT2D eigenvalue weighted by atomic mass is 9.97. The highest BCUT2D eigenvalue weighted by atomic mass is 127. The van der Waals surface area contributed by atoms with E-state index < -0.39 is 0 Å². The first kappa shape index (κ1) is 23.7. The summed E-state index contributed by atoms with van der Waals surface area (Å²) >= 11 is 0. The molecule has 9 nitrogen and oxygen atoms in total. The van der Waals surface area contributed by atoms with Gasteiger partial charge in [-0.25, -0.2) is 9.48 Å². The Hall–Kier alpha value is -1.59. The number of fused-ring (bicyclic) bond motifs is 1. The fraction of sp³-hybridized carbons (Fsp3) is 0.789. The van der Waals surface area contributed by atoms with Crippen LogP contribution in [0.1, 0.15) is 44.9 Å². The third-order valence-electron chi connectivity index (χ3n) is 5.49. The molecule has 3 heterocycles. The van der Waals surface area contributed by atoms with Gasteiger partial charge in [-0.1, -0.05) is 0 Å². The maximum Gasteiger partial charge on any atom is 0.345 e. The van der Waals surface area contributed by atoms with Gasteiger partial charge in [0.05, 0.1) is 12.5 Å². The fourth-order valence-corrected chi connectivity index (χ4v) is 3.94. The van der Waals surface area contributed by atoms with E-state index >= 15 is 0 Å². The summed E-state index contributed by atoms with van der Waals surface area (Å²) in [5.41, 5.74) is 0.0140. The van der Waals surface area contributed by atoms with Gasteiger partial charge >= 0.3 is 11.7 Å². The normalized spacial score (nSPS) is 17.4. The maximum absolute atomic E-state index is 12.4. The van der Waals surface area contributed by atoms with Crippen LogP contribution in [-0.4, -0.2) is 64.5 Å². The van der Waals surface area contributed by atoms with Crippen molar-refractivity contribution in [1.29, 1.82) is 0 Å². The van der Waals surface area contributed by atoms with Crippen LogP contribution in [0.15, 0.2) is 9.79 Å². The van der Waals surface area contributed by atoms with E-state index in [0.29, 0.717) is 13.2 Å². The number of nitrogens with one attached hydrogen (secondary N) is 1. The average Bonchev–Trinajstić information content (AvgIpc) is 3.04. The lowest BCUT2D eigenvalue weighted by Crippen LogP contribution is -2.47. The molecule has 0 spiro atoms. The molecule has 1 aromatic rings. The molecule has 1 aromatic heterocycles. The molecule has 0 amide bonds. The third kappa shape index (κ3) is 5.95. The predicted octanol–water partition coefficient (Wildman–Crippen LogP) is 1.24. The van der Waals surface area contributed by atoms with Crippen molar-refractivity contribution < 1.29 is 9.53 Å². The number of hydrogen-bond acceptors (Lipinski definition) is 5. The Balaban J connectivity index is 0.00000300. The molecule has 0 saturated carbocycles. The van der Waals surface area contributed by atoms with Gasteiger partial charge in [-0.2, -0.15) is 5.10 Å². The first-order valence-electron chi connectivity index (χ1n) is 10.4. The van der Waals surface area contributed by atoms with Crippen LogP contribution in [0.25, 0.3) is 0 Å². The number of piperidine rings is 1. The van der Waals surface area contributed by atoms with Gasteiger partial charge < -0.3 is 15.0 Å². The molecule has 1 saturated heterocycles. The number of esters is 1. The van der Waals surface area contributed by atoms with E-state index in [2.05, 4.69) is 20.3 Å². The number of halogens is 1. The van der Waals surface area contributed by atoms with Crippen molar-refractivity contribution in [3.63, 3.8) is 0 Å². The molecule has 2 aliphatic heterocycles. The molecule has 0 unspecified atom stereocenters. The minimum Gasteiger partial charge on any atom is -0.466 e. The molecule has 0 aromatic carbocycles. The van der Waals surface area contributed by atoms with Crippen molar-refractivity contribution in [1.82, 2.24) is 24.6 Å². The summed E-state index contributed by atoms with van der Waals surface area (Å²) < 4.78 is 8.53. The van der Waals surface area contributed by atoms with Crippen molar-refractivity contribution >= 4 is 35.9 Å². The summed E-state index contributed by atoms with van der Waals surface area (Å²) in [5, 5.41) is 7.84. The quantitative estimate of drug-likeness (QED) is 0.200. The Labute approximate surface area is 188 Å². The van der Waals surface area contributed by atoms with Gasteiger partial charge in [0.2, 0.25) is 0 Å². The molecule has 3 rings (SSSR count). The van der Waals surface area contributed by atoms with Crippen LogP contribution < -0.4 is 11.0 Å². The van der Waals surface area contributed by atoms with Crippen LogP contribution >= 0.6 is 24.0 Å². The number of likely N-dealkylation sites (tertiary alicyclic amines) is 1. The molecule has 1 N–H and O–H groups in total. The van der Waals surface area contributed by atoms with Crippen LogP contribution in [0.2, 0.25) is 0 Å². The van der Waals surface area contributed by atoms with E-state index in [1.54, 1.807) is 11.7 Å². The second-order valence-electron chi connectivity index (χ2n) is 7.37. The molecule has 2 aliphatic rings. The SMILES string of the molecule is CCOC(=O)C1CCN(C(=NC)NCCCn2nc3n(c2=O)CCCC3)CC1.I. The van der Waals surface area contributed by atoms with Gasteiger partial charge in [-0.05, 0) is 39.0 Å². The lowest BCUT2D eigenvalue weighted by molar-refractivity contribution is -0.149. The third-order valence-corrected chi connectivity index (χ3v) is 5.49. The monoisotopic (exact) mass is 520 g/mol. The molecule has 1 fully saturated rings. The van der Waals surface area contributed by atoms with E-state index in [0.717, 1.165) is 76.5 Å². The molecular weight excluding hydrogens is 487 g/mol.